The van der Waals surface area contributed by atoms with Gasteiger partial charge < -0.3 is 14.4 Å². The van der Waals surface area contributed by atoms with Crippen molar-refractivity contribution in [1.82, 2.24) is 9.27 Å². The van der Waals surface area contributed by atoms with E-state index in [2.05, 4.69) is 29.2 Å². The fraction of sp³-hybridized carbons (Fsp3) is 0.462. The molecule has 1 fully saturated rings. The van der Waals surface area contributed by atoms with Crippen LogP contribution in [-0.2, 0) is 0 Å². The van der Waals surface area contributed by atoms with Gasteiger partial charge in [-0.1, -0.05) is 25.1 Å². The smallest absolute Gasteiger partial charge is 0.162 e. The van der Waals surface area contributed by atoms with Crippen molar-refractivity contribution in [3.63, 3.8) is 0 Å². The Morgan fingerprint density at radius 1 is 1.12 bits per heavy atom. The molecule has 0 bridgehead atoms. The number of carbonyl (C=O) groups is 1. The number of hydrogen-bond donors (Lipinski definition) is 0. The van der Waals surface area contributed by atoms with Gasteiger partial charge in [0.2, 0.25) is 0 Å². The first-order chi connectivity index (χ1) is 15.7. The molecule has 1 aliphatic rings. The van der Waals surface area contributed by atoms with Crippen molar-refractivity contribution in [3.8, 4) is 11.5 Å². The van der Waals surface area contributed by atoms with E-state index in [1.165, 1.54) is 28.6 Å². The van der Waals surface area contributed by atoms with Crippen molar-refractivity contribution in [3.05, 3.63) is 53.7 Å². The standard InChI is InChI=1S/C26H32N2O3S/c1-3-22(29)20-10-11-23(24(18-20)30-2)31-17-7-6-14-28-15-12-19(13-16-28)26-21-8-4-5-9-25(21)32-27-26/h4-5,8-11,18-19H,3,6-7,12-17H2,1-2H3. The molecule has 1 saturated heterocycles. The van der Waals surface area contributed by atoms with Crippen molar-refractivity contribution in [2.75, 3.05) is 33.4 Å². The predicted octanol–water partition coefficient (Wildman–Crippen LogP) is 5.94. The Bertz CT molecular complexity index is 1040. The lowest BCUT2D eigenvalue weighted by Crippen LogP contribution is -2.33. The highest BCUT2D eigenvalue weighted by molar-refractivity contribution is 7.13. The van der Waals surface area contributed by atoms with Crippen molar-refractivity contribution in [2.24, 2.45) is 0 Å². The molecule has 3 aromatic rings. The Morgan fingerprint density at radius 2 is 1.94 bits per heavy atom. The van der Waals surface area contributed by atoms with Gasteiger partial charge in [-0.25, -0.2) is 0 Å². The molecule has 0 spiro atoms. The van der Waals surface area contributed by atoms with Gasteiger partial charge >= 0.3 is 0 Å². The number of likely N-dealkylation sites (tertiary alicyclic amines) is 1. The normalized spacial score (nSPS) is 15.2. The molecule has 0 saturated carbocycles. The van der Waals surface area contributed by atoms with Crippen LogP contribution in [0.2, 0.25) is 0 Å². The summed E-state index contributed by atoms with van der Waals surface area (Å²) in [6.45, 7) is 5.90. The first-order valence-corrected chi connectivity index (χ1v) is 12.4. The molecule has 5 nitrogen and oxygen atoms in total. The minimum absolute atomic E-state index is 0.113. The maximum atomic E-state index is 11.9. The molecule has 0 unspecified atom stereocenters. The monoisotopic (exact) mass is 452 g/mol. The second-order valence-electron chi connectivity index (χ2n) is 8.38. The van der Waals surface area contributed by atoms with Crippen LogP contribution in [-0.4, -0.2) is 48.4 Å². The second-order valence-corrected chi connectivity index (χ2v) is 9.18. The van der Waals surface area contributed by atoms with Crippen molar-refractivity contribution < 1.29 is 14.3 Å². The number of fused-ring (bicyclic) bond motifs is 1. The van der Waals surface area contributed by atoms with Crippen LogP contribution in [0.4, 0.5) is 0 Å². The van der Waals surface area contributed by atoms with E-state index < -0.39 is 0 Å². The molecule has 0 aliphatic carbocycles. The highest BCUT2D eigenvalue weighted by atomic mass is 32.1. The Hall–Kier alpha value is -2.44. The maximum Gasteiger partial charge on any atom is 0.162 e. The zero-order chi connectivity index (χ0) is 22.3. The van der Waals surface area contributed by atoms with Crippen LogP contribution < -0.4 is 9.47 Å². The number of unbranched alkanes of at least 4 members (excludes halogenated alkanes) is 1. The number of aromatic nitrogens is 1. The van der Waals surface area contributed by atoms with Crippen LogP contribution in [0.5, 0.6) is 11.5 Å². The number of benzene rings is 2. The average Bonchev–Trinajstić information content (AvgIpc) is 3.28. The Labute approximate surface area is 194 Å². The van der Waals surface area contributed by atoms with Crippen LogP contribution in [0, 0.1) is 0 Å². The van der Waals surface area contributed by atoms with E-state index in [0.717, 1.165) is 32.5 Å². The summed E-state index contributed by atoms with van der Waals surface area (Å²) in [4.78, 5) is 14.4. The third kappa shape index (κ3) is 5.30. The van der Waals surface area contributed by atoms with Crippen LogP contribution in [0.1, 0.15) is 61.0 Å². The first kappa shape index (κ1) is 22.7. The zero-order valence-electron chi connectivity index (χ0n) is 19.0. The van der Waals surface area contributed by atoms with Gasteiger partial charge in [-0.05, 0) is 81.1 Å². The molecule has 2 heterocycles. The Kier molecular flexibility index (Phi) is 7.76. The second kappa shape index (κ2) is 10.9. The quantitative estimate of drug-likeness (QED) is 0.282. The van der Waals surface area contributed by atoms with E-state index >= 15 is 0 Å². The number of ketones is 1. The topological polar surface area (TPSA) is 51.7 Å². The van der Waals surface area contributed by atoms with Crippen molar-refractivity contribution in [1.29, 1.82) is 0 Å². The summed E-state index contributed by atoms with van der Waals surface area (Å²) in [5.41, 5.74) is 1.98. The zero-order valence-corrected chi connectivity index (χ0v) is 19.8. The molecular formula is C26H32N2O3S. The summed E-state index contributed by atoms with van der Waals surface area (Å²) in [6, 6.07) is 14.0. The summed E-state index contributed by atoms with van der Waals surface area (Å²) in [7, 11) is 1.61. The van der Waals surface area contributed by atoms with E-state index in [4.69, 9.17) is 13.8 Å². The Balaban J connectivity index is 1.18. The van der Waals surface area contributed by atoms with E-state index in [1.807, 2.05) is 19.1 Å². The fourth-order valence-corrected chi connectivity index (χ4v) is 5.27. The van der Waals surface area contributed by atoms with E-state index in [1.54, 1.807) is 24.7 Å². The first-order valence-electron chi connectivity index (χ1n) is 11.6. The van der Waals surface area contributed by atoms with Crippen LogP contribution in [0.25, 0.3) is 10.1 Å². The van der Waals surface area contributed by atoms with Crippen molar-refractivity contribution in [2.45, 2.75) is 44.9 Å². The Morgan fingerprint density at radius 3 is 2.72 bits per heavy atom. The molecule has 1 aromatic heterocycles. The molecule has 0 radical (unpaired) electrons. The van der Waals surface area contributed by atoms with Gasteiger partial charge in [-0.2, -0.15) is 4.37 Å². The highest BCUT2D eigenvalue weighted by Gasteiger charge is 2.23. The highest BCUT2D eigenvalue weighted by Crippen LogP contribution is 2.34. The van der Waals surface area contributed by atoms with Gasteiger partial charge in [-0.3, -0.25) is 4.79 Å². The molecule has 6 heteroatoms. The largest absolute Gasteiger partial charge is 0.493 e. The molecule has 2 aromatic carbocycles. The minimum Gasteiger partial charge on any atom is -0.493 e. The third-order valence-electron chi connectivity index (χ3n) is 6.31. The van der Waals surface area contributed by atoms with Crippen LogP contribution >= 0.6 is 11.5 Å². The molecule has 1 aliphatic heterocycles. The maximum absolute atomic E-state index is 11.9. The average molecular weight is 453 g/mol. The summed E-state index contributed by atoms with van der Waals surface area (Å²) < 4.78 is 17.4. The molecule has 170 valence electrons. The predicted molar refractivity (Wildman–Crippen MR) is 130 cm³/mol. The number of rotatable bonds is 10. The molecule has 0 N–H and O–H groups in total. The SMILES string of the molecule is CCC(=O)c1ccc(OCCCCN2CCC(c3nsc4ccccc34)CC2)c(OC)c1. The summed E-state index contributed by atoms with van der Waals surface area (Å²) >= 11 is 1.63. The summed E-state index contributed by atoms with van der Waals surface area (Å²) in [5, 5.41) is 1.34. The van der Waals surface area contributed by atoms with E-state index in [0.29, 0.717) is 36.0 Å². The number of Topliss-reactive ketones (excluding diaryl/α,β-unsaturated/α-hetero) is 1. The molecule has 0 atom stereocenters. The summed E-state index contributed by atoms with van der Waals surface area (Å²) in [6.07, 6.45) is 4.96. The van der Waals surface area contributed by atoms with Crippen molar-refractivity contribution >= 4 is 27.4 Å². The number of nitrogens with zero attached hydrogens (tertiary/aromatic N) is 2. The number of carbonyl (C=O) groups excluding carboxylic acids is 1. The number of hydrogen-bond acceptors (Lipinski definition) is 6. The number of ether oxygens (including phenoxy) is 2. The fourth-order valence-electron chi connectivity index (χ4n) is 4.41. The van der Waals surface area contributed by atoms with Gasteiger partial charge in [0.15, 0.2) is 17.3 Å². The molecule has 32 heavy (non-hydrogen) atoms. The van der Waals surface area contributed by atoms with Gasteiger partial charge in [0.25, 0.3) is 0 Å². The lowest BCUT2D eigenvalue weighted by molar-refractivity contribution is 0.0987. The van der Waals surface area contributed by atoms with E-state index in [-0.39, 0.29) is 5.78 Å². The third-order valence-corrected chi connectivity index (χ3v) is 7.15. The van der Waals surface area contributed by atoms with Gasteiger partial charge in [0.1, 0.15) is 0 Å². The molecule has 4 rings (SSSR count). The van der Waals surface area contributed by atoms with E-state index in [9.17, 15) is 4.79 Å². The number of methoxy groups -OCH3 is 1. The molecule has 0 amide bonds. The van der Waals surface area contributed by atoms with Gasteiger partial charge in [0.05, 0.1) is 24.1 Å². The van der Waals surface area contributed by atoms with Crippen LogP contribution in [0.15, 0.2) is 42.5 Å². The lowest BCUT2D eigenvalue weighted by atomic mass is 9.91. The minimum atomic E-state index is 0.113. The van der Waals surface area contributed by atoms with Gasteiger partial charge in [0, 0.05) is 23.3 Å². The number of piperidine rings is 1. The van der Waals surface area contributed by atoms with Crippen LogP contribution in [0.3, 0.4) is 0 Å². The lowest BCUT2D eigenvalue weighted by Gasteiger charge is -2.31. The van der Waals surface area contributed by atoms with Gasteiger partial charge in [-0.15, -0.1) is 0 Å². The molecular weight excluding hydrogens is 420 g/mol. The summed E-state index contributed by atoms with van der Waals surface area (Å²) in [5.74, 6) is 2.03.